The first-order valence-corrected chi connectivity index (χ1v) is 7.61. The quantitative estimate of drug-likeness (QED) is 0.845. The summed E-state index contributed by atoms with van der Waals surface area (Å²) in [7, 11) is 0. The fourth-order valence-electron chi connectivity index (χ4n) is 2.77. The third-order valence-corrected chi connectivity index (χ3v) is 4.03. The zero-order valence-corrected chi connectivity index (χ0v) is 12.7. The van der Waals surface area contributed by atoms with E-state index in [1.807, 2.05) is 13.0 Å². The second kappa shape index (κ2) is 6.78. The molecule has 0 spiro atoms. The van der Waals surface area contributed by atoms with Crippen LogP contribution in [-0.2, 0) is 9.53 Å². The van der Waals surface area contributed by atoms with Crippen molar-refractivity contribution in [3.05, 3.63) is 29.3 Å². The predicted molar refractivity (Wildman–Crippen MR) is 82.0 cm³/mol. The summed E-state index contributed by atoms with van der Waals surface area (Å²) in [5.74, 6) is -0.139. The predicted octanol–water partition coefficient (Wildman–Crippen LogP) is 3.98. The van der Waals surface area contributed by atoms with E-state index in [-0.39, 0.29) is 18.1 Å². The van der Waals surface area contributed by atoms with E-state index in [1.54, 1.807) is 0 Å². The van der Waals surface area contributed by atoms with E-state index in [0.29, 0.717) is 0 Å². The number of carbonyl (C=O) groups is 1. The molecule has 2 rings (SSSR count). The lowest BCUT2D eigenvalue weighted by Crippen LogP contribution is -2.32. The van der Waals surface area contributed by atoms with Gasteiger partial charge in [0.15, 0.2) is 0 Å². The van der Waals surface area contributed by atoms with Gasteiger partial charge in [-0.1, -0.05) is 24.6 Å². The van der Waals surface area contributed by atoms with Crippen molar-refractivity contribution in [1.29, 1.82) is 0 Å². The molecule has 0 radical (unpaired) electrons. The van der Waals surface area contributed by atoms with Gasteiger partial charge in [0.05, 0.1) is 0 Å². The number of benzene rings is 1. The van der Waals surface area contributed by atoms with Gasteiger partial charge in [0, 0.05) is 5.69 Å². The van der Waals surface area contributed by atoms with Gasteiger partial charge in [-0.2, -0.15) is 0 Å². The molecule has 3 heteroatoms. The third kappa shape index (κ3) is 3.75. The fraction of sp³-hybridized carbons (Fsp3) is 0.588. The molecule has 1 N–H and O–H groups in total. The number of carbonyl (C=O) groups excluding carboxylic acids is 1. The molecule has 20 heavy (non-hydrogen) atoms. The molecule has 1 aromatic carbocycles. The molecule has 1 fully saturated rings. The van der Waals surface area contributed by atoms with Crippen LogP contribution < -0.4 is 5.32 Å². The van der Waals surface area contributed by atoms with Crippen LogP contribution in [0.4, 0.5) is 5.69 Å². The van der Waals surface area contributed by atoms with Crippen molar-refractivity contribution in [2.24, 2.45) is 0 Å². The van der Waals surface area contributed by atoms with Gasteiger partial charge in [-0.15, -0.1) is 0 Å². The summed E-state index contributed by atoms with van der Waals surface area (Å²) in [5.41, 5.74) is 3.35. The van der Waals surface area contributed by atoms with Crippen LogP contribution in [0.15, 0.2) is 18.2 Å². The highest BCUT2D eigenvalue weighted by molar-refractivity contribution is 5.79. The Labute approximate surface area is 121 Å². The van der Waals surface area contributed by atoms with E-state index >= 15 is 0 Å². The van der Waals surface area contributed by atoms with E-state index in [4.69, 9.17) is 4.74 Å². The first-order chi connectivity index (χ1) is 9.58. The Kier molecular flexibility index (Phi) is 5.05. The summed E-state index contributed by atoms with van der Waals surface area (Å²) in [6.45, 7) is 5.97. The van der Waals surface area contributed by atoms with Crippen molar-refractivity contribution in [3.63, 3.8) is 0 Å². The maximum atomic E-state index is 12.2. The van der Waals surface area contributed by atoms with Crippen molar-refractivity contribution >= 4 is 11.7 Å². The normalized spacial score (nSPS) is 17.6. The molecule has 1 aliphatic rings. The lowest BCUT2D eigenvalue weighted by molar-refractivity contribution is -0.151. The zero-order chi connectivity index (χ0) is 14.5. The van der Waals surface area contributed by atoms with E-state index in [0.717, 1.165) is 29.7 Å². The van der Waals surface area contributed by atoms with E-state index < -0.39 is 0 Å². The maximum Gasteiger partial charge on any atom is 0.328 e. The highest BCUT2D eigenvalue weighted by Gasteiger charge is 2.22. The summed E-state index contributed by atoms with van der Waals surface area (Å²) >= 11 is 0. The minimum absolute atomic E-state index is 0.124. The fourth-order valence-corrected chi connectivity index (χ4v) is 2.77. The molecule has 1 aromatic rings. The van der Waals surface area contributed by atoms with Gasteiger partial charge in [-0.05, 0) is 57.6 Å². The second-order valence-electron chi connectivity index (χ2n) is 5.83. The third-order valence-electron chi connectivity index (χ3n) is 4.03. The van der Waals surface area contributed by atoms with Crippen molar-refractivity contribution in [3.8, 4) is 0 Å². The number of aryl methyl sites for hydroxylation is 2. The summed E-state index contributed by atoms with van der Waals surface area (Å²) < 4.78 is 5.60. The molecule has 0 amide bonds. The topological polar surface area (TPSA) is 38.3 Å². The minimum Gasteiger partial charge on any atom is -0.461 e. The Morgan fingerprint density at radius 3 is 2.40 bits per heavy atom. The van der Waals surface area contributed by atoms with Gasteiger partial charge in [0.2, 0.25) is 0 Å². The summed E-state index contributed by atoms with van der Waals surface area (Å²) in [6.07, 6.45) is 5.78. The monoisotopic (exact) mass is 275 g/mol. The lowest BCUT2D eigenvalue weighted by atomic mass is 9.98. The number of anilines is 1. The van der Waals surface area contributed by atoms with Crippen LogP contribution in [0.2, 0.25) is 0 Å². The number of para-hydroxylation sites is 1. The Morgan fingerprint density at radius 1 is 1.20 bits per heavy atom. The van der Waals surface area contributed by atoms with Gasteiger partial charge in [-0.3, -0.25) is 0 Å². The van der Waals surface area contributed by atoms with Crippen LogP contribution in [0, 0.1) is 13.8 Å². The molecule has 1 atom stereocenters. The van der Waals surface area contributed by atoms with Crippen molar-refractivity contribution < 1.29 is 9.53 Å². The molecule has 3 nitrogen and oxygen atoms in total. The minimum atomic E-state index is -0.309. The molecule has 110 valence electrons. The van der Waals surface area contributed by atoms with Crippen molar-refractivity contribution in [2.45, 2.75) is 65.0 Å². The van der Waals surface area contributed by atoms with Gasteiger partial charge < -0.3 is 10.1 Å². The van der Waals surface area contributed by atoms with Crippen LogP contribution in [0.5, 0.6) is 0 Å². The Bertz CT molecular complexity index is 444. The molecule has 0 aromatic heterocycles. The highest BCUT2D eigenvalue weighted by Crippen LogP contribution is 2.23. The number of nitrogens with one attached hydrogen (secondary N) is 1. The Balaban J connectivity index is 1.93. The average molecular weight is 275 g/mol. The number of esters is 1. The zero-order valence-electron chi connectivity index (χ0n) is 12.7. The van der Waals surface area contributed by atoms with Crippen LogP contribution in [0.3, 0.4) is 0 Å². The summed E-state index contributed by atoms with van der Waals surface area (Å²) in [5, 5.41) is 3.29. The highest BCUT2D eigenvalue weighted by atomic mass is 16.5. The Hall–Kier alpha value is -1.51. The molecule has 0 saturated heterocycles. The first kappa shape index (κ1) is 14.9. The molecule has 0 aliphatic heterocycles. The SMILES string of the molecule is Cc1cccc(C)c1N[C@@H](C)C(=O)OC1CCCCC1. The standard InChI is InChI=1S/C17H25NO2/c1-12-8-7-9-13(2)16(12)18-14(3)17(19)20-15-10-5-4-6-11-15/h7-9,14-15,18H,4-6,10-11H2,1-3H3/t14-/m0/s1. The molecule has 0 unspecified atom stereocenters. The van der Waals surface area contributed by atoms with Crippen molar-refractivity contribution in [2.75, 3.05) is 5.32 Å². The van der Waals surface area contributed by atoms with Crippen LogP contribution in [-0.4, -0.2) is 18.1 Å². The van der Waals surface area contributed by atoms with E-state index in [1.165, 1.54) is 19.3 Å². The second-order valence-corrected chi connectivity index (χ2v) is 5.83. The van der Waals surface area contributed by atoms with Gasteiger partial charge in [0.25, 0.3) is 0 Å². The number of rotatable bonds is 4. The summed E-state index contributed by atoms with van der Waals surface area (Å²) in [6, 6.07) is 5.82. The van der Waals surface area contributed by atoms with Crippen LogP contribution in [0.25, 0.3) is 0 Å². The van der Waals surface area contributed by atoms with Crippen molar-refractivity contribution in [1.82, 2.24) is 0 Å². The van der Waals surface area contributed by atoms with E-state index in [2.05, 4.69) is 31.3 Å². The molecule has 1 saturated carbocycles. The molecular weight excluding hydrogens is 250 g/mol. The lowest BCUT2D eigenvalue weighted by Gasteiger charge is -2.24. The molecular formula is C17H25NO2. The largest absolute Gasteiger partial charge is 0.461 e. The van der Waals surface area contributed by atoms with Gasteiger partial charge in [0.1, 0.15) is 12.1 Å². The molecule has 1 aliphatic carbocycles. The van der Waals surface area contributed by atoms with E-state index in [9.17, 15) is 4.79 Å². The molecule has 0 bridgehead atoms. The molecule has 0 heterocycles. The maximum absolute atomic E-state index is 12.2. The van der Waals surface area contributed by atoms with Gasteiger partial charge in [-0.25, -0.2) is 4.79 Å². The Morgan fingerprint density at radius 2 is 1.80 bits per heavy atom. The number of hydrogen-bond acceptors (Lipinski definition) is 3. The number of ether oxygens (including phenoxy) is 1. The van der Waals surface area contributed by atoms with Gasteiger partial charge >= 0.3 is 5.97 Å². The smallest absolute Gasteiger partial charge is 0.328 e. The summed E-state index contributed by atoms with van der Waals surface area (Å²) in [4.78, 5) is 12.2. The average Bonchev–Trinajstić information content (AvgIpc) is 2.44. The first-order valence-electron chi connectivity index (χ1n) is 7.61. The number of hydrogen-bond donors (Lipinski definition) is 1. The van der Waals surface area contributed by atoms with Crippen LogP contribution in [0.1, 0.15) is 50.2 Å². The van der Waals surface area contributed by atoms with Crippen LogP contribution >= 0.6 is 0 Å².